The summed E-state index contributed by atoms with van der Waals surface area (Å²) in [5, 5.41) is 3.74. The molecule has 0 amide bonds. The maximum absolute atomic E-state index is 3.74. The van der Waals surface area contributed by atoms with Crippen LogP contribution in [0.25, 0.3) is 0 Å². The molecule has 1 saturated heterocycles. The SMILES string of the molecule is CCCN(CC1CCCCN1)C1CCC(C)(C)CC1C. The van der Waals surface area contributed by atoms with Crippen molar-refractivity contribution in [1.29, 1.82) is 0 Å². The Hall–Kier alpha value is -0.0800. The summed E-state index contributed by atoms with van der Waals surface area (Å²) in [6.45, 7) is 13.5. The molecule has 118 valence electrons. The van der Waals surface area contributed by atoms with Crippen LogP contribution >= 0.6 is 0 Å². The van der Waals surface area contributed by atoms with Crippen LogP contribution in [0.2, 0.25) is 0 Å². The average molecular weight is 280 g/mol. The van der Waals surface area contributed by atoms with E-state index < -0.39 is 0 Å². The normalized spacial score (nSPS) is 34.4. The highest BCUT2D eigenvalue weighted by molar-refractivity contribution is 4.90. The van der Waals surface area contributed by atoms with Gasteiger partial charge < -0.3 is 5.32 Å². The molecule has 2 nitrogen and oxygen atoms in total. The Morgan fingerprint density at radius 3 is 2.60 bits per heavy atom. The standard InChI is InChI=1S/C18H36N2/c1-5-12-20(14-16-8-6-7-11-19-16)17-9-10-18(3,4)13-15(17)2/h15-17,19H,5-14H2,1-4H3. The molecule has 2 fully saturated rings. The van der Waals surface area contributed by atoms with E-state index in [-0.39, 0.29) is 0 Å². The molecule has 20 heavy (non-hydrogen) atoms. The van der Waals surface area contributed by atoms with Crippen molar-refractivity contribution in [1.82, 2.24) is 10.2 Å². The lowest BCUT2D eigenvalue weighted by molar-refractivity contribution is 0.0515. The minimum Gasteiger partial charge on any atom is -0.313 e. The van der Waals surface area contributed by atoms with Gasteiger partial charge >= 0.3 is 0 Å². The molecule has 0 radical (unpaired) electrons. The van der Waals surface area contributed by atoms with Crippen LogP contribution in [0.1, 0.15) is 72.6 Å². The first-order valence-corrected chi connectivity index (χ1v) is 8.99. The third kappa shape index (κ3) is 4.46. The minimum absolute atomic E-state index is 0.566. The summed E-state index contributed by atoms with van der Waals surface area (Å²) in [7, 11) is 0. The molecule has 1 saturated carbocycles. The van der Waals surface area contributed by atoms with E-state index in [1.165, 1.54) is 64.6 Å². The van der Waals surface area contributed by atoms with Crippen LogP contribution in [0.3, 0.4) is 0 Å². The van der Waals surface area contributed by atoms with Crippen molar-refractivity contribution < 1.29 is 0 Å². The Kier molecular flexibility index (Phi) is 5.92. The third-order valence-corrected chi connectivity index (χ3v) is 5.50. The zero-order valence-corrected chi connectivity index (χ0v) is 14.3. The first-order valence-electron chi connectivity index (χ1n) is 8.99. The highest BCUT2D eigenvalue weighted by atomic mass is 15.2. The zero-order valence-electron chi connectivity index (χ0n) is 14.3. The van der Waals surface area contributed by atoms with Crippen LogP contribution in [-0.2, 0) is 0 Å². The topological polar surface area (TPSA) is 15.3 Å². The Balaban J connectivity index is 1.93. The fourth-order valence-electron chi connectivity index (χ4n) is 4.52. The van der Waals surface area contributed by atoms with Crippen molar-refractivity contribution in [3.8, 4) is 0 Å². The first-order chi connectivity index (χ1) is 9.52. The quantitative estimate of drug-likeness (QED) is 0.817. The van der Waals surface area contributed by atoms with Crippen molar-refractivity contribution in [2.75, 3.05) is 19.6 Å². The van der Waals surface area contributed by atoms with Gasteiger partial charge in [0, 0.05) is 18.6 Å². The van der Waals surface area contributed by atoms with E-state index in [0.29, 0.717) is 5.41 Å². The maximum atomic E-state index is 3.74. The van der Waals surface area contributed by atoms with Crippen molar-refractivity contribution in [2.24, 2.45) is 11.3 Å². The summed E-state index contributed by atoms with van der Waals surface area (Å²) in [4.78, 5) is 2.82. The predicted molar refractivity (Wildman–Crippen MR) is 88.1 cm³/mol. The van der Waals surface area contributed by atoms with Crippen molar-refractivity contribution in [3.05, 3.63) is 0 Å². The number of hydrogen-bond acceptors (Lipinski definition) is 2. The number of rotatable bonds is 5. The van der Waals surface area contributed by atoms with Crippen molar-refractivity contribution >= 4 is 0 Å². The molecule has 0 aromatic rings. The molecular formula is C18H36N2. The molecule has 2 heteroatoms. The summed E-state index contributed by atoms with van der Waals surface area (Å²) in [6, 6.07) is 1.57. The molecule has 0 bridgehead atoms. The molecule has 0 aromatic carbocycles. The second-order valence-corrected chi connectivity index (χ2v) is 8.09. The van der Waals surface area contributed by atoms with E-state index in [0.717, 1.165) is 18.0 Å². The first kappa shape index (κ1) is 16.3. The molecule has 2 aliphatic rings. The molecule has 1 aliphatic carbocycles. The summed E-state index contributed by atoms with van der Waals surface area (Å²) >= 11 is 0. The molecule has 0 spiro atoms. The lowest BCUT2D eigenvalue weighted by Crippen LogP contribution is -2.51. The van der Waals surface area contributed by atoms with E-state index in [1.54, 1.807) is 0 Å². The summed E-state index contributed by atoms with van der Waals surface area (Å²) < 4.78 is 0. The van der Waals surface area contributed by atoms with Gasteiger partial charge in [-0.1, -0.05) is 34.1 Å². The van der Waals surface area contributed by atoms with Crippen LogP contribution in [0.15, 0.2) is 0 Å². The van der Waals surface area contributed by atoms with Crippen LogP contribution in [-0.4, -0.2) is 36.6 Å². The van der Waals surface area contributed by atoms with Crippen LogP contribution < -0.4 is 5.32 Å². The second-order valence-electron chi connectivity index (χ2n) is 8.09. The van der Waals surface area contributed by atoms with E-state index in [2.05, 4.69) is 37.9 Å². The monoisotopic (exact) mass is 280 g/mol. The number of nitrogens with one attached hydrogen (secondary N) is 1. The van der Waals surface area contributed by atoms with Gasteiger partial charge in [-0.3, -0.25) is 4.90 Å². The molecule has 0 aromatic heterocycles. The highest BCUT2D eigenvalue weighted by Gasteiger charge is 2.35. The van der Waals surface area contributed by atoms with Gasteiger partial charge in [-0.25, -0.2) is 0 Å². The summed E-state index contributed by atoms with van der Waals surface area (Å²) in [6.07, 6.45) is 9.67. The maximum Gasteiger partial charge on any atom is 0.0195 e. The van der Waals surface area contributed by atoms with Gasteiger partial charge in [-0.15, -0.1) is 0 Å². The lowest BCUT2D eigenvalue weighted by Gasteiger charge is -2.45. The van der Waals surface area contributed by atoms with Gasteiger partial charge in [0.2, 0.25) is 0 Å². The number of piperidine rings is 1. The molecule has 2 rings (SSSR count). The Morgan fingerprint density at radius 1 is 1.20 bits per heavy atom. The van der Waals surface area contributed by atoms with Gasteiger partial charge in [0.1, 0.15) is 0 Å². The van der Waals surface area contributed by atoms with Gasteiger partial charge in [-0.05, 0) is 62.9 Å². The molecule has 1 aliphatic heterocycles. The van der Waals surface area contributed by atoms with E-state index in [4.69, 9.17) is 0 Å². The van der Waals surface area contributed by atoms with Crippen LogP contribution in [0, 0.1) is 11.3 Å². The molecule has 1 N–H and O–H groups in total. The highest BCUT2D eigenvalue weighted by Crippen LogP contribution is 2.40. The molecule has 1 heterocycles. The van der Waals surface area contributed by atoms with Gasteiger partial charge in [0.25, 0.3) is 0 Å². The average Bonchev–Trinajstić information content (AvgIpc) is 2.38. The summed E-state index contributed by atoms with van der Waals surface area (Å²) in [5.41, 5.74) is 0.566. The van der Waals surface area contributed by atoms with E-state index in [1.807, 2.05) is 0 Å². The Bertz CT molecular complexity index is 281. The lowest BCUT2D eigenvalue weighted by atomic mass is 9.70. The van der Waals surface area contributed by atoms with Crippen LogP contribution in [0.4, 0.5) is 0 Å². The van der Waals surface area contributed by atoms with Gasteiger partial charge in [-0.2, -0.15) is 0 Å². The zero-order chi connectivity index (χ0) is 14.6. The number of nitrogens with zero attached hydrogens (tertiary/aromatic N) is 1. The van der Waals surface area contributed by atoms with Crippen molar-refractivity contribution in [3.63, 3.8) is 0 Å². The largest absolute Gasteiger partial charge is 0.313 e. The third-order valence-electron chi connectivity index (χ3n) is 5.50. The van der Waals surface area contributed by atoms with Crippen molar-refractivity contribution in [2.45, 2.75) is 84.7 Å². The van der Waals surface area contributed by atoms with E-state index in [9.17, 15) is 0 Å². The second kappa shape index (κ2) is 7.26. The fraction of sp³-hybridized carbons (Fsp3) is 1.00. The van der Waals surface area contributed by atoms with Crippen LogP contribution in [0.5, 0.6) is 0 Å². The smallest absolute Gasteiger partial charge is 0.0195 e. The Morgan fingerprint density at radius 2 is 2.00 bits per heavy atom. The molecular weight excluding hydrogens is 244 g/mol. The number of hydrogen-bond donors (Lipinski definition) is 1. The van der Waals surface area contributed by atoms with E-state index >= 15 is 0 Å². The summed E-state index contributed by atoms with van der Waals surface area (Å²) in [5.74, 6) is 0.855. The predicted octanol–water partition coefficient (Wildman–Crippen LogP) is 4.06. The van der Waals surface area contributed by atoms with Gasteiger partial charge in [0.05, 0.1) is 0 Å². The van der Waals surface area contributed by atoms with Gasteiger partial charge in [0.15, 0.2) is 0 Å². The minimum atomic E-state index is 0.566. The fourth-order valence-corrected chi connectivity index (χ4v) is 4.52. The molecule has 3 unspecified atom stereocenters. The Labute approximate surface area is 126 Å². The molecule has 3 atom stereocenters.